The number of thiophene rings is 1. The number of nitrogens with zero attached hydrogens (tertiary/aromatic N) is 1. The molecule has 1 unspecified atom stereocenters. The normalized spacial score (nSPS) is 12.3. The van der Waals surface area contributed by atoms with Gasteiger partial charge < -0.3 is 5.32 Å². The fraction of sp³-hybridized carbons (Fsp3) is 0.412. The van der Waals surface area contributed by atoms with Gasteiger partial charge in [-0.2, -0.15) is 0 Å². The Morgan fingerprint density at radius 3 is 2.76 bits per heavy atom. The predicted molar refractivity (Wildman–Crippen MR) is 87.2 cm³/mol. The molecule has 3 nitrogen and oxygen atoms in total. The Morgan fingerprint density at radius 1 is 1.29 bits per heavy atom. The minimum absolute atomic E-state index is 0.0135. The number of rotatable bonds is 7. The quantitative estimate of drug-likeness (QED) is 0.840. The topological polar surface area (TPSA) is 42.0 Å². The van der Waals surface area contributed by atoms with Crippen molar-refractivity contribution in [1.29, 1.82) is 0 Å². The Kier molecular flexibility index (Phi) is 5.93. The summed E-state index contributed by atoms with van der Waals surface area (Å²) in [6, 6.07) is 9.98. The van der Waals surface area contributed by atoms with Gasteiger partial charge in [0.1, 0.15) is 0 Å². The molecule has 0 spiro atoms. The summed E-state index contributed by atoms with van der Waals surface area (Å²) in [5, 5.41) is 5.19. The highest BCUT2D eigenvalue weighted by Gasteiger charge is 2.18. The second-order valence-corrected chi connectivity index (χ2v) is 6.51. The van der Waals surface area contributed by atoms with Crippen LogP contribution in [0.4, 0.5) is 0 Å². The Balaban J connectivity index is 1.84. The van der Waals surface area contributed by atoms with E-state index >= 15 is 0 Å². The van der Waals surface area contributed by atoms with Gasteiger partial charge in [-0.05, 0) is 42.3 Å². The van der Waals surface area contributed by atoms with Gasteiger partial charge >= 0.3 is 0 Å². The van der Waals surface area contributed by atoms with Gasteiger partial charge in [-0.25, -0.2) is 0 Å². The summed E-state index contributed by atoms with van der Waals surface area (Å²) in [4.78, 5) is 17.8. The van der Waals surface area contributed by atoms with E-state index in [0.29, 0.717) is 12.3 Å². The number of hydrogen-bond donors (Lipinski definition) is 1. The summed E-state index contributed by atoms with van der Waals surface area (Å²) >= 11 is 1.75. The van der Waals surface area contributed by atoms with Crippen LogP contribution in [0.1, 0.15) is 43.3 Å². The second-order valence-electron chi connectivity index (χ2n) is 5.48. The molecule has 4 heteroatoms. The van der Waals surface area contributed by atoms with Gasteiger partial charge in [0, 0.05) is 17.5 Å². The number of carbonyl (C=O) groups excluding carboxylic acids is 1. The maximum absolute atomic E-state index is 12.1. The van der Waals surface area contributed by atoms with Crippen molar-refractivity contribution in [1.82, 2.24) is 10.3 Å². The van der Waals surface area contributed by atoms with Crippen molar-refractivity contribution in [3.63, 3.8) is 0 Å². The zero-order chi connectivity index (χ0) is 15.1. The number of pyridine rings is 1. The van der Waals surface area contributed by atoms with E-state index in [1.165, 1.54) is 4.88 Å². The molecule has 2 heterocycles. The van der Waals surface area contributed by atoms with Gasteiger partial charge in [0.05, 0.1) is 11.7 Å². The van der Waals surface area contributed by atoms with Gasteiger partial charge in [-0.15, -0.1) is 11.3 Å². The van der Waals surface area contributed by atoms with E-state index in [1.807, 2.05) is 18.2 Å². The van der Waals surface area contributed by atoms with Crippen LogP contribution in [-0.4, -0.2) is 10.9 Å². The predicted octanol–water partition coefficient (Wildman–Crippen LogP) is 3.98. The first-order valence-electron chi connectivity index (χ1n) is 7.39. The van der Waals surface area contributed by atoms with Crippen molar-refractivity contribution in [2.45, 2.75) is 39.2 Å². The highest BCUT2D eigenvalue weighted by atomic mass is 32.1. The van der Waals surface area contributed by atoms with Gasteiger partial charge in [0.15, 0.2) is 0 Å². The van der Waals surface area contributed by atoms with Crippen molar-refractivity contribution in [3.05, 3.63) is 52.5 Å². The first-order chi connectivity index (χ1) is 10.2. The molecule has 2 rings (SSSR count). The highest BCUT2D eigenvalue weighted by Crippen LogP contribution is 2.20. The van der Waals surface area contributed by atoms with E-state index in [9.17, 15) is 4.79 Å². The van der Waals surface area contributed by atoms with Crippen molar-refractivity contribution < 1.29 is 4.79 Å². The van der Waals surface area contributed by atoms with Crippen LogP contribution < -0.4 is 5.32 Å². The zero-order valence-electron chi connectivity index (χ0n) is 12.6. The maximum Gasteiger partial charge on any atom is 0.220 e. The Morgan fingerprint density at radius 2 is 2.14 bits per heavy atom. The SMILES string of the molecule is CC(C)C(NC(=O)CCCc1cccs1)c1ccccn1. The number of hydrogen-bond acceptors (Lipinski definition) is 3. The first-order valence-corrected chi connectivity index (χ1v) is 8.27. The van der Waals surface area contributed by atoms with Crippen molar-refractivity contribution in [2.75, 3.05) is 0 Å². The smallest absolute Gasteiger partial charge is 0.220 e. The Hall–Kier alpha value is -1.68. The lowest BCUT2D eigenvalue weighted by atomic mass is 10.00. The van der Waals surface area contributed by atoms with Crippen molar-refractivity contribution in [2.24, 2.45) is 5.92 Å². The molecular weight excluding hydrogens is 280 g/mol. The molecule has 1 atom stereocenters. The summed E-state index contributed by atoms with van der Waals surface area (Å²) in [5.74, 6) is 0.428. The van der Waals surface area contributed by atoms with Gasteiger partial charge in [0.2, 0.25) is 5.91 Å². The average Bonchev–Trinajstić information content (AvgIpc) is 2.98. The number of nitrogens with one attached hydrogen (secondary N) is 1. The molecule has 0 aromatic carbocycles. The van der Waals surface area contributed by atoms with Crippen LogP contribution in [0.15, 0.2) is 41.9 Å². The third-order valence-electron chi connectivity index (χ3n) is 3.40. The molecule has 0 aliphatic carbocycles. The van der Waals surface area contributed by atoms with E-state index in [-0.39, 0.29) is 11.9 Å². The van der Waals surface area contributed by atoms with Crippen molar-refractivity contribution in [3.8, 4) is 0 Å². The molecule has 1 amide bonds. The number of carbonyl (C=O) groups is 1. The van der Waals surface area contributed by atoms with E-state index in [4.69, 9.17) is 0 Å². The maximum atomic E-state index is 12.1. The molecule has 0 aliphatic rings. The van der Waals surface area contributed by atoms with Gasteiger partial charge in [-0.3, -0.25) is 9.78 Å². The second kappa shape index (κ2) is 7.93. The average molecular weight is 302 g/mol. The molecule has 0 fully saturated rings. The molecule has 0 aliphatic heterocycles. The third kappa shape index (κ3) is 4.97. The highest BCUT2D eigenvalue weighted by molar-refractivity contribution is 7.09. The molecule has 0 saturated heterocycles. The number of aryl methyl sites for hydroxylation is 1. The summed E-state index contributed by atoms with van der Waals surface area (Å²) in [6.07, 6.45) is 4.20. The van der Waals surface area contributed by atoms with E-state index in [2.05, 4.69) is 41.7 Å². The molecule has 0 bridgehead atoms. The Labute approximate surface area is 130 Å². The number of amides is 1. The lowest BCUT2D eigenvalue weighted by Gasteiger charge is -2.21. The third-order valence-corrected chi connectivity index (χ3v) is 4.33. The van der Waals surface area contributed by atoms with E-state index < -0.39 is 0 Å². The van der Waals surface area contributed by atoms with Gasteiger partial charge in [-0.1, -0.05) is 26.0 Å². The molecule has 21 heavy (non-hydrogen) atoms. The van der Waals surface area contributed by atoms with Crippen LogP contribution in [-0.2, 0) is 11.2 Å². The fourth-order valence-electron chi connectivity index (χ4n) is 2.27. The summed E-state index contributed by atoms with van der Waals surface area (Å²) < 4.78 is 0. The zero-order valence-corrected chi connectivity index (χ0v) is 13.4. The largest absolute Gasteiger partial charge is 0.347 e. The lowest BCUT2D eigenvalue weighted by Crippen LogP contribution is -2.32. The molecular formula is C17H22N2OS. The van der Waals surface area contributed by atoms with Gasteiger partial charge in [0.25, 0.3) is 0 Å². The monoisotopic (exact) mass is 302 g/mol. The van der Waals surface area contributed by atoms with Crippen LogP contribution >= 0.6 is 11.3 Å². The van der Waals surface area contributed by atoms with Crippen LogP contribution in [0.3, 0.4) is 0 Å². The van der Waals surface area contributed by atoms with Crippen LogP contribution in [0.2, 0.25) is 0 Å². The molecule has 0 radical (unpaired) electrons. The van der Waals surface area contributed by atoms with Crippen molar-refractivity contribution >= 4 is 17.2 Å². The van der Waals surface area contributed by atoms with Crippen LogP contribution in [0.5, 0.6) is 0 Å². The number of aromatic nitrogens is 1. The summed E-state index contributed by atoms with van der Waals surface area (Å²) in [6.45, 7) is 4.20. The summed E-state index contributed by atoms with van der Waals surface area (Å²) in [7, 11) is 0. The molecule has 0 saturated carbocycles. The molecule has 112 valence electrons. The lowest BCUT2D eigenvalue weighted by molar-refractivity contribution is -0.122. The first kappa shape index (κ1) is 15.7. The van der Waals surface area contributed by atoms with Crippen LogP contribution in [0.25, 0.3) is 0 Å². The standard InChI is InChI=1S/C17H22N2OS/c1-13(2)17(15-9-3-4-11-18-15)19-16(20)10-5-7-14-8-6-12-21-14/h3-4,6,8-9,11-13,17H,5,7,10H2,1-2H3,(H,19,20). The minimum atomic E-state index is -0.0135. The van der Waals surface area contributed by atoms with Crippen LogP contribution in [0, 0.1) is 5.92 Å². The molecule has 2 aromatic heterocycles. The minimum Gasteiger partial charge on any atom is -0.347 e. The van der Waals surface area contributed by atoms with E-state index in [0.717, 1.165) is 18.5 Å². The molecule has 2 aromatic rings. The molecule has 1 N–H and O–H groups in total. The summed E-state index contributed by atoms with van der Waals surface area (Å²) in [5.41, 5.74) is 0.930. The van der Waals surface area contributed by atoms with E-state index in [1.54, 1.807) is 17.5 Å². The Bertz CT molecular complexity index is 537. The fourth-order valence-corrected chi connectivity index (χ4v) is 3.02.